The molecule has 0 aliphatic heterocycles. The van der Waals surface area contributed by atoms with E-state index in [4.69, 9.17) is 0 Å². The maximum absolute atomic E-state index is 2.23. The van der Waals surface area contributed by atoms with Crippen LogP contribution in [0.1, 0.15) is 11.8 Å². The maximum Gasteiger partial charge on any atom is 0.0529 e. The zero-order chi connectivity index (χ0) is 12.4. The Morgan fingerprint density at radius 2 is 1.89 bits per heavy atom. The normalized spacial score (nSPS) is 11.4. The van der Waals surface area contributed by atoms with Gasteiger partial charge in [0, 0.05) is 20.2 Å². The summed E-state index contributed by atoms with van der Waals surface area (Å²) in [5.74, 6) is 0. The molecule has 0 spiro atoms. The molecule has 90 valence electrons. The summed E-state index contributed by atoms with van der Waals surface area (Å²) in [6.45, 7) is 2.06. The highest BCUT2D eigenvalue weighted by Gasteiger charge is 2.11. The lowest BCUT2D eigenvalue weighted by molar-refractivity contribution is 1.78. The van der Waals surface area contributed by atoms with Gasteiger partial charge >= 0.3 is 0 Å². The van der Waals surface area contributed by atoms with Crippen LogP contribution in [0.2, 0.25) is 0 Å². The SMILES string of the molecule is CC=Cc1ccc(-c2sccc2-c2cccs2)s1. The molecule has 18 heavy (non-hydrogen) atoms. The Labute approximate surface area is 119 Å². The fourth-order valence-electron chi connectivity index (χ4n) is 1.85. The molecule has 0 N–H and O–H groups in total. The predicted molar refractivity (Wildman–Crippen MR) is 85.7 cm³/mol. The number of hydrogen-bond acceptors (Lipinski definition) is 3. The molecule has 3 aromatic heterocycles. The summed E-state index contributed by atoms with van der Waals surface area (Å²) in [4.78, 5) is 5.42. The number of thiophene rings is 3. The van der Waals surface area contributed by atoms with Crippen LogP contribution in [-0.2, 0) is 0 Å². The van der Waals surface area contributed by atoms with E-state index in [1.54, 1.807) is 11.3 Å². The molecule has 0 nitrogen and oxygen atoms in total. The van der Waals surface area contributed by atoms with E-state index in [-0.39, 0.29) is 0 Å². The molecular formula is C15H12S3. The van der Waals surface area contributed by atoms with Crippen molar-refractivity contribution in [1.29, 1.82) is 0 Å². The van der Waals surface area contributed by atoms with E-state index in [1.807, 2.05) is 22.7 Å². The highest BCUT2D eigenvalue weighted by atomic mass is 32.1. The monoisotopic (exact) mass is 288 g/mol. The smallest absolute Gasteiger partial charge is 0.0529 e. The van der Waals surface area contributed by atoms with Gasteiger partial charge in [-0.2, -0.15) is 0 Å². The summed E-state index contributed by atoms with van der Waals surface area (Å²) in [7, 11) is 0. The predicted octanol–water partition coefficient (Wildman–Crippen LogP) is 6.24. The molecule has 0 aromatic carbocycles. The molecule has 0 saturated heterocycles. The topological polar surface area (TPSA) is 0 Å². The molecule has 3 heteroatoms. The highest BCUT2D eigenvalue weighted by Crippen LogP contribution is 2.41. The van der Waals surface area contributed by atoms with Crippen LogP contribution >= 0.6 is 34.0 Å². The molecule has 0 aliphatic carbocycles. The van der Waals surface area contributed by atoms with Crippen molar-refractivity contribution in [1.82, 2.24) is 0 Å². The molecule has 0 saturated carbocycles. The molecule has 0 fully saturated rings. The van der Waals surface area contributed by atoms with Gasteiger partial charge in [0.2, 0.25) is 0 Å². The summed E-state index contributed by atoms with van der Waals surface area (Å²) in [6.07, 6.45) is 4.25. The largest absolute Gasteiger partial charge is 0.144 e. The minimum absolute atomic E-state index is 1.32. The Hall–Kier alpha value is -1.16. The summed E-state index contributed by atoms with van der Waals surface area (Å²) < 4.78 is 0. The van der Waals surface area contributed by atoms with Gasteiger partial charge in [-0.15, -0.1) is 34.0 Å². The van der Waals surface area contributed by atoms with Crippen molar-refractivity contribution >= 4 is 40.1 Å². The average molecular weight is 288 g/mol. The molecule has 0 unspecified atom stereocenters. The van der Waals surface area contributed by atoms with E-state index in [0.29, 0.717) is 0 Å². The average Bonchev–Trinajstić information content (AvgIpc) is 3.10. The third-order valence-electron chi connectivity index (χ3n) is 2.63. The minimum Gasteiger partial charge on any atom is -0.144 e. The van der Waals surface area contributed by atoms with Crippen molar-refractivity contribution in [3.8, 4) is 20.2 Å². The fraction of sp³-hybridized carbons (Fsp3) is 0.0667. The van der Waals surface area contributed by atoms with Crippen LogP contribution in [0.15, 0.2) is 47.2 Å². The lowest BCUT2D eigenvalue weighted by Gasteiger charge is -1.98. The summed E-state index contributed by atoms with van der Waals surface area (Å²) in [5.41, 5.74) is 1.36. The van der Waals surface area contributed by atoms with Crippen molar-refractivity contribution in [2.24, 2.45) is 0 Å². The molecule has 0 amide bonds. The van der Waals surface area contributed by atoms with Gasteiger partial charge in [0.05, 0.1) is 4.88 Å². The lowest BCUT2D eigenvalue weighted by Crippen LogP contribution is -1.69. The van der Waals surface area contributed by atoms with Gasteiger partial charge in [-0.3, -0.25) is 0 Å². The summed E-state index contributed by atoms with van der Waals surface area (Å²) >= 11 is 5.48. The molecule has 3 heterocycles. The first-order chi connectivity index (χ1) is 8.88. The van der Waals surface area contributed by atoms with E-state index in [0.717, 1.165) is 0 Å². The van der Waals surface area contributed by atoms with Crippen LogP contribution in [-0.4, -0.2) is 0 Å². The fourth-order valence-corrected chi connectivity index (χ4v) is 4.71. The zero-order valence-corrected chi connectivity index (χ0v) is 12.4. The van der Waals surface area contributed by atoms with Gasteiger partial charge in [0.25, 0.3) is 0 Å². The Morgan fingerprint density at radius 1 is 0.944 bits per heavy atom. The van der Waals surface area contributed by atoms with Crippen LogP contribution in [0.3, 0.4) is 0 Å². The first kappa shape index (κ1) is 11.9. The van der Waals surface area contributed by atoms with Gasteiger partial charge < -0.3 is 0 Å². The zero-order valence-electron chi connectivity index (χ0n) is 9.92. The van der Waals surface area contributed by atoms with Gasteiger partial charge in [0.15, 0.2) is 0 Å². The van der Waals surface area contributed by atoms with E-state index in [9.17, 15) is 0 Å². The van der Waals surface area contributed by atoms with Crippen molar-refractivity contribution in [3.05, 3.63) is 52.0 Å². The van der Waals surface area contributed by atoms with E-state index in [2.05, 4.69) is 60.2 Å². The van der Waals surface area contributed by atoms with Crippen molar-refractivity contribution in [3.63, 3.8) is 0 Å². The quantitative estimate of drug-likeness (QED) is 0.535. The van der Waals surface area contributed by atoms with Crippen molar-refractivity contribution in [2.75, 3.05) is 0 Å². The highest BCUT2D eigenvalue weighted by molar-refractivity contribution is 7.22. The number of hydrogen-bond donors (Lipinski definition) is 0. The first-order valence-corrected chi connectivity index (χ1v) is 8.30. The van der Waals surface area contributed by atoms with Gasteiger partial charge in [-0.05, 0) is 48.0 Å². The van der Waals surface area contributed by atoms with Crippen molar-refractivity contribution in [2.45, 2.75) is 6.92 Å². The Bertz CT molecular complexity index is 654. The second-order valence-electron chi connectivity index (χ2n) is 3.84. The van der Waals surface area contributed by atoms with Gasteiger partial charge in [-0.25, -0.2) is 0 Å². The number of allylic oxidation sites excluding steroid dienone is 1. The molecule has 3 aromatic rings. The van der Waals surface area contributed by atoms with Crippen LogP contribution in [0, 0.1) is 0 Å². The van der Waals surface area contributed by atoms with Gasteiger partial charge in [-0.1, -0.05) is 12.1 Å². The van der Waals surface area contributed by atoms with Crippen molar-refractivity contribution < 1.29 is 0 Å². The second kappa shape index (κ2) is 5.22. The maximum atomic E-state index is 2.23. The standard InChI is InChI=1S/C15H12S3/c1-2-4-11-6-7-14(18-11)15-12(8-10-17-15)13-5-3-9-16-13/h2-10H,1H3. The van der Waals surface area contributed by atoms with Gasteiger partial charge in [0.1, 0.15) is 0 Å². The van der Waals surface area contributed by atoms with E-state index >= 15 is 0 Å². The molecule has 0 atom stereocenters. The first-order valence-electron chi connectivity index (χ1n) is 5.73. The molecule has 0 bridgehead atoms. The number of rotatable bonds is 3. The Morgan fingerprint density at radius 3 is 2.67 bits per heavy atom. The Kier molecular flexibility index (Phi) is 3.46. The van der Waals surface area contributed by atoms with E-state index in [1.165, 1.54) is 25.1 Å². The Balaban J connectivity index is 2.04. The summed E-state index contributed by atoms with van der Waals surface area (Å²) in [6, 6.07) is 10.9. The third kappa shape index (κ3) is 2.21. The van der Waals surface area contributed by atoms with Crippen LogP contribution in [0.25, 0.3) is 26.3 Å². The minimum atomic E-state index is 1.32. The van der Waals surface area contributed by atoms with Crippen LogP contribution < -0.4 is 0 Å². The second-order valence-corrected chi connectivity index (χ2v) is 6.82. The summed E-state index contributed by atoms with van der Waals surface area (Å²) in [5, 5.41) is 4.32. The molecule has 3 rings (SSSR count). The van der Waals surface area contributed by atoms with Crippen LogP contribution in [0.5, 0.6) is 0 Å². The molecular weight excluding hydrogens is 276 g/mol. The molecule has 0 aliphatic rings. The van der Waals surface area contributed by atoms with E-state index < -0.39 is 0 Å². The lowest BCUT2D eigenvalue weighted by atomic mass is 10.2. The molecule has 0 radical (unpaired) electrons. The third-order valence-corrected chi connectivity index (χ3v) is 5.68. The van der Waals surface area contributed by atoms with Crippen LogP contribution in [0.4, 0.5) is 0 Å².